The summed E-state index contributed by atoms with van der Waals surface area (Å²) >= 11 is 1.57. The Morgan fingerprint density at radius 3 is 2.55 bits per heavy atom. The molecule has 3 aromatic rings. The zero-order valence-electron chi connectivity index (χ0n) is 18.4. The van der Waals surface area contributed by atoms with E-state index < -0.39 is 0 Å². The van der Waals surface area contributed by atoms with Crippen LogP contribution >= 0.6 is 11.3 Å². The molecule has 1 heterocycles. The van der Waals surface area contributed by atoms with E-state index in [1.807, 2.05) is 17.5 Å². The van der Waals surface area contributed by atoms with Gasteiger partial charge in [0.15, 0.2) is 0 Å². The van der Waals surface area contributed by atoms with Crippen LogP contribution in [0.1, 0.15) is 23.3 Å². The maximum atomic E-state index is 13.4. The fourth-order valence-electron chi connectivity index (χ4n) is 3.53. The van der Waals surface area contributed by atoms with E-state index in [-0.39, 0.29) is 30.3 Å². The van der Waals surface area contributed by atoms with Gasteiger partial charge in [0.25, 0.3) is 0 Å². The molecule has 0 aliphatic heterocycles. The van der Waals surface area contributed by atoms with Crippen molar-refractivity contribution < 1.29 is 18.7 Å². The van der Waals surface area contributed by atoms with Gasteiger partial charge >= 0.3 is 6.03 Å². The summed E-state index contributed by atoms with van der Waals surface area (Å²) in [5, 5.41) is 4.85. The molecule has 1 N–H and O–H groups in total. The predicted molar refractivity (Wildman–Crippen MR) is 127 cm³/mol. The van der Waals surface area contributed by atoms with Gasteiger partial charge in [0, 0.05) is 29.2 Å². The zero-order valence-corrected chi connectivity index (χ0v) is 19.2. The van der Waals surface area contributed by atoms with E-state index in [0.29, 0.717) is 24.5 Å². The van der Waals surface area contributed by atoms with Crippen molar-refractivity contribution in [3.05, 3.63) is 82.3 Å². The molecule has 6 nitrogen and oxygen atoms in total. The van der Waals surface area contributed by atoms with Gasteiger partial charge in [-0.1, -0.05) is 24.3 Å². The molecule has 0 radical (unpaired) electrons. The van der Waals surface area contributed by atoms with Crippen molar-refractivity contribution in [3.8, 4) is 5.75 Å². The SMILES string of the molecule is COc1cccc(NC(=O)N(CC(=O)N(Cc2ccc(F)cc2)Cc2cccs2)C2CC2)c1. The maximum Gasteiger partial charge on any atom is 0.322 e. The van der Waals surface area contributed by atoms with Crippen LogP contribution < -0.4 is 10.1 Å². The van der Waals surface area contributed by atoms with E-state index in [2.05, 4.69) is 5.32 Å². The van der Waals surface area contributed by atoms with Gasteiger partial charge in [0.05, 0.1) is 13.7 Å². The van der Waals surface area contributed by atoms with Crippen LogP contribution in [0.4, 0.5) is 14.9 Å². The summed E-state index contributed by atoms with van der Waals surface area (Å²) in [6.07, 6.45) is 1.75. The minimum atomic E-state index is -0.316. The number of urea groups is 1. The van der Waals surface area contributed by atoms with Crippen LogP contribution in [0, 0.1) is 5.82 Å². The highest BCUT2D eigenvalue weighted by Gasteiger charge is 2.35. The summed E-state index contributed by atoms with van der Waals surface area (Å²) in [7, 11) is 1.57. The second-order valence-corrected chi connectivity index (χ2v) is 9.01. The maximum absolute atomic E-state index is 13.4. The van der Waals surface area contributed by atoms with Crippen LogP contribution in [0.15, 0.2) is 66.0 Å². The zero-order chi connectivity index (χ0) is 23.2. The van der Waals surface area contributed by atoms with E-state index >= 15 is 0 Å². The van der Waals surface area contributed by atoms with E-state index in [1.54, 1.807) is 64.6 Å². The number of halogens is 1. The van der Waals surface area contributed by atoms with Crippen LogP contribution in [0.2, 0.25) is 0 Å². The van der Waals surface area contributed by atoms with Gasteiger partial charge in [-0.3, -0.25) is 4.79 Å². The third-order valence-electron chi connectivity index (χ3n) is 5.44. The van der Waals surface area contributed by atoms with Crippen LogP contribution in [0.5, 0.6) is 5.75 Å². The third-order valence-corrected chi connectivity index (χ3v) is 6.30. The van der Waals surface area contributed by atoms with Gasteiger partial charge < -0.3 is 19.9 Å². The molecule has 0 spiro atoms. The molecule has 3 amide bonds. The summed E-state index contributed by atoms with van der Waals surface area (Å²) in [6.45, 7) is 0.754. The first-order valence-corrected chi connectivity index (χ1v) is 11.7. The Bertz CT molecular complexity index is 1080. The number of ether oxygens (including phenoxy) is 1. The lowest BCUT2D eigenvalue weighted by molar-refractivity contribution is -0.133. The highest BCUT2D eigenvalue weighted by atomic mass is 32.1. The molecule has 1 aromatic heterocycles. The lowest BCUT2D eigenvalue weighted by Gasteiger charge is -2.28. The van der Waals surface area contributed by atoms with Crippen molar-refractivity contribution in [2.24, 2.45) is 0 Å². The lowest BCUT2D eigenvalue weighted by Crippen LogP contribution is -2.45. The van der Waals surface area contributed by atoms with Crippen LogP contribution in [-0.4, -0.2) is 41.4 Å². The molecule has 0 saturated heterocycles. The average molecular weight is 468 g/mol. The summed E-state index contributed by atoms with van der Waals surface area (Å²) in [5.74, 6) is 0.174. The summed E-state index contributed by atoms with van der Waals surface area (Å²) in [4.78, 5) is 30.8. The van der Waals surface area contributed by atoms with Gasteiger partial charge in [0.1, 0.15) is 18.1 Å². The molecule has 0 unspecified atom stereocenters. The Kier molecular flexibility index (Phi) is 7.24. The largest absolute Gasteiger partial charge is 0.497 e. The number of benzene rings is 2. The van der Waals surface area contributed by atoms with Gasteiger partial charge in [0.2, 0.25) is 5.91 Å². The third kappa shape index (κ3) is 6.32. The molecule has 2 aromatic carbocycles. The standard InChI is InChI=1S/C25H26FN3O3S/c1-32-22-5-2-4-20(14-22)27-25(31)29(21-11-12-21)17-24(30)28(16-23-6-3-13-33-23)15-18-7-9-19(26)10-8-18/h2-10,13-14,21H,11-12,15-17H2,1H3,(H,27,31). The first-order chi connectivity index (χ1) is 16.0. The predicted octanol–water partition coefficient (Wildman–Crippen LogP) is 5.12. The number of carbonyl (C=O) groups excluding carboxylic acids is 2. The molecule has 1 aliphatic rings. The topological polar surface area (TPSA) is 61.9 Å². The van der Waals surface area contributed by atoms with Gasteiger partial charge in [-0.25, -0.2) is 9.18 Å². The monoisotopic (exact) mass is 467 g/mol. The Balaban J connectivity index is 1.47. The first-order valence-electron chi connectivity index (χ1n) is 10.8. The molecule has 1 saturated carbocycles. The molecule has 0 atom stereocenters. The number of nitrogens with one attached hydrogen (secondary N) is 1. The van der Waals surface area contributed by atoms with E-state index in [4.69, 9.17) is 4.74 Å². The quantitative estimate of drug-likeness (QED) is 0.475. The highest BCUT2D eigenvalue weighted by Crippen LogP contribution is 2.28. The Morgan fingerprint density at radius 1 is 1.09 bits per heavy atom. The van der Waals surface area contributed by atoms with E-state index in [0.717, 1.165) is 23.3 Å². The molecule has 0 bridgehead atoms. The van der Waals surface area contributed by atoms with Crippen molar-refractivity contribution in [3.63, 3.8) is 0 Å². The van der Waals surface area contributed by atoms with E-state index in [1.165, 1.54) is 12.1 Å². The number of thiophene rings is 1. The van der Waals surface area contributed by atoms with Gasteiger partial charge in [-0.2, -0.15) is 0 Å². The second-order valence-electron chi connectivity index (χ2n) is 7.98. The number of hydrogen-bond acceptors (Lipinski definition) is 4. The number of carbonyl (C=O) groups is 2. The second kappa shape index (κ2) is 10.5. The van der Waals surface area contributed by atoms with E-state index in [9.17, 15) is 14.0 Å². The summed E-state index contributed by atoms with van der Waals surface area (Å²) in [5.41, 5.74) is 1.44. The Morgan fingerprint density at radius 2 is 1.88 bits per heavy atom. The van der Waals surface area contributed by atoms with Crippen molar-refractivity contribution in [2.75, 3.05) is 19.0 Å². The Hall–Kier alpha value is -3.39. The van der Waals surface area contributed by atoms with Crippen molar-refractivity contribution in [2.45, 2.75) is 32.0 Å². The molecular formula is C25H26FN3O3S. The number of hydrogen-bond donors (Lipinski definition) is 1. The molecule has 1 aliphatic carbocycles. The van der Waals surface area contributed by atoms with Crippen molar-refractivity contribution in [1.29, 1.82) is 0 Å². The number of amides is 3. The minimum Gasteiger partial charge on any atom is -0.497 e. The lowest BCUT2D eigenvalue weighted by atomic mass is 10.2. The number of rotatable bonds is 9. The summed E-state index contributed by atoms with van der Waals surface area (Å²) in [6, 6.07) is 16.9. The van der Waals surface area contributed by atoms with Crippen LogP contribution in [0.3, 0.4) is 0 Å². The van der Waals surface area contributed by atoms with Crippen LogP contribution in [-0.2, 0) is 17.9 Å². The van der Waals surface area contributed by atoms with Crippen LogP contribution in [0.25, 0.3) is 0 Å². The minimum absolute atomic E-state index is 0.0208. The fourth-order valence-corrected chi connectivity index (χ4v) is 4.25. The Labute approximate surface area is 196 Å². The molecule has 4 rings (SSSR count). The molecule has 33 heavy (non-hydrogen) atoms. The van der Waals surface area contributed by atoms with Crippen molar-refractivity contribution >= 4 is 29.0 Å². The number of nitrogens with zero attached hydrogens (tertiary/aromatic N) is 2. The average Bonchev–Trinajstić information content (AvgIpc) is 3.53. The van der Waals surface area contributed by atoms with Gasteiger partial charge in [-0.05, 0) is 54.1 Å². The van der Waals surface area contributed by atoms with Gasteiger partial charge in [-0.15, -0.1) is 11.3 Å². The normalized spacial score (nSPS) is 12.8. The molecular weight excluding hydrogens is 441 g/mol. The van der Waals surface area contributed by atoms with Crippen molar-refractivity contribution in [1.82, 2.24) is 9.80 Å². The smallest absolute Gasteiger partial charge is 0.322 e. The summed E-state index contributed by atoms with van der Waals surface area (Å²) < 4.78 is 18.6. The number of methoxy groups -OCH3 is 1. The molecule has 1 fully saturated rings. The fraction of sp³-hybridized carbons (Fsp3) is 0.280. The number of anilines is 1. The first kappa shape index (κ1) is 22.8. The molecule has 172 valence electrons. The highest BCUT2D eigenvalue weighted by molar-refractivity contribution is 7.09. The molecule has 8 heteroatoms.